The minimum atomic E-state index is 0.391. The molecule has 0 rings (SSSR count). The van der Waals surface area contributed by atoms with Crippen molar-refractivity contribution in [3.63, 3.8) is 0 Å². The second kappa shape index (κ2) is 3.63. The van der Waals surface area contributed by atoms with E-state index in [0.29, 0.717) is 4.91 Å². The van der Waals surface area contributed by atoms with Crippen LogP contribution in [0.2, 0.25) is 0 Å². The smallest absolute Gasteiger partial charge is 0.111 e. The molecule has 0 N–H and O–H groups in total. The second-order valence-electron chi connectivity index (χ2n) is 1.09. The van der Waals surface area contributed by atoms with E-state index in [4.69, 9.17) is 5.26 Å². The average molecular weight is 112 g/mol. The van der Waals surface area contributed by atoms with Crippen LogP contribution in [0, 0.1) is 11.3 Å². The zero-order valence-corrected chi connectivity index (χ0v) is 4.96. The van der Waals surface area contributed by atoms with Gasteiger partial charge in [0.25, 0.3) is 0 Å². The van der Waals surface area contributed by atoms with Crippen molar-refractivity contribution in [2.75, 3.05) is 0 Å². The highest BCUT2D eigenvalue weighted by Gasteiger charge is 1.79. The van der Waals surface area contributed by atoms with E-state index in [1.807, 2.05) is 13.0 Å². The summed E-state index contributed by atoms with van der Waals surface area (Å²) >= 11 is 4.54. The summed E-state index contributed by atoms with van der Waals surface area (Å²) in [5.74, 6) is 0. The first-order valence-corrected chi connectivity index (χ1v) is 2.49. The van der Waals surface area contributed by atoms with Crippen molar-refractivity contribution in [3.05, 3.63) is 11.0 Å². The zero-order chi connectivity index (χ0) is 5.70. The monoisotopic (exact) mass is 112 g/mol. The molecule has 0 aliphatic rings. The molecule has 0 saturated carbocycles. The number of nitrogens with zero attached hydrogens (tertiary/aromatic N) is 1. The van der Waals surface area contributed by atoms with Gasteiger partial charge in [-0.2, -0.15) is 5.26 Å². The first-order valence-electron chi connectivity index (χ1n) is 2.08. The molecule has 0 fully saturated rings. The van der Waals surface area contributed by atoms with Gasteiger partial charge in [0, 0.05) is 0 Å². The lowest BCUT2D eigenvalue weighted by molar-refractivity contribution is 1.22. The summed E-state index contributed by atoms with van der Waals surface area (Å²) in [6.07, 6.45) is 2.57. The van der Waals surface area contributed by atoms with Gasteiger partial charge < -0.3 is 0 Å². The molecule has 0 atom stereocenters. The summed E-state index contributed by atoms with van der Waals surface area (Å²) in [6, 6.07) is 1.84. The van der Waals surface area contributed by atoms with Gasteiger partial charge >= 0.3 is 0 Å². The summed E-state index contributed by atoms with van der Waals surface area (Å²) in [5, 5.41) is 8.04. The Kier molecular flexibility index (Phi) is 3.35. The maximum absolute atomic E-state index is 8.04. The highest BCUT2D eigenvalue weighted by Crippen LogP contribution is 1.97. The summed E-state index contributed by atoms with van der Waals surface area (Å²) in [5.41, 5.74) is 0. The van der Waals surface area contributed by atoms with E-state index in [9.17, 15) is 0 Å². The molecule has 7 heavy (non-hydrogen) atoms. The fourth-order valence-corrected chi connectivity index (χ4v) is 0.398. The minimum absolute atomic E-state index is 0.391. The van der Waals surface area contributed by atoms with Gasteiger partial charge in [0.05, 0.1) is 0 Å². The van der Waals surface area contributed by atoms with Gasteiger partial charge in [-0.15, -0.1) is 0 Å². The maximum Gasteiger partial charge on any atom is 0.111 e. The number of rotatable bonds is 1. The molecule has 0 unspecified atom stereocenters. The van der Waals surface area contributed by atoms with Gasteiger partial charge in [0.1, 0.15) is 11.0 Å². The third kappa shape index (κ3) is 3.28. The van der Waals surface area contributed by atoms with Gasteiger partial charge in [-0.05, 0) is 6.42 Å². The molecule has 0 heterocycles. The fraction of sp³-hybridized carbons (Fsp3) is 0.400. The van der Waals surface area contributed by atoms with Gasteiger partial charge in [0.15, 0.2) is 0 Å². The summed E-state index contributed by atoms with van der Waals surface area (Å²) in [7, 11) is 0. The van der Waals surface area contributed by atoms with Gasteiger partial charge in [0.2, 0.25) is 0 Å². The summed E-state index contributed by atoms with van der Waals surface area (Å²) in [4.78, 5) is 0.391. The molecule has 2 heteroatoms. The van der Waals surface area contributed by atoms with E-state index in [1.165, 1.54) is 0 Å². The van der Waals surface area contributed by atoms with Crippen molar-refractivity contribution in [1.29, 1.82) is 5.26 Å². The van der Waals surface area contributed by atoms with Crippen LogP contribution in [0.5, 0.6) is 0 Å². The highest BCUT2D eigenvalue weighted by molar-refractivity contribution is 7.84. The Bertz CT molecular complexity index is 110. The fourth-order valence-electron chi connectivity index (χ4n) is 0.231. The topological polar surface area (TPSA) is 23.8 Å². The van der Waals surface area contributed by atoms with E-state index < -0.39 is 0 Å². The molecule has 0 aliphatic heterocycles. The SMILES string of the molecule is CC/C=C(/[S])C#N. The number of nitriles is 1. The molecular formula is C5H6NS. The first-order chi connectivity index (χ1) is 3.31. The van der Waals surface area contributed by atoms with Crippen LogP contribution >= 0.6 is 12.6 Å². The Hall–Kier alpha value is -0.550. The number of hydrogen-bond donors (Lipinski definition) is 0. The first kappa shape index (κ1) is 6.45. The van der Waals surface area contributed by atoms with E-state index in [0.717, 1.165) is 6.42 Å². The van der Waals surface area contributed by atoms with Gasteiger partial charge in [-0.1, -0.05) is 25.6 Å². The van der Waals surface area contributed by atoms with Crippen LogP contribution in [-0.4, -0.2) is 0 Å². The van der Waals surface area contributed by atoms with Crippen molar-refractivity contribution < 1.29 is 0 Å². The lowest BCUT2D eigenvalue weighted by Gasteiger charge is -1.74. The Morgan fingerprint density at radius 3 is 2.71 bits per heavy atom. The standard InChI is InChI=1S/C5H6NS/c1-2-3-5(7)4-6/h3H,2H2,1H3/b5-3+. The third-order valence-electron chi connectivity index (χ3n) is 0.500. The second-order valence-corrected chi connectivity index (χ2v) is 1.53. The van der Waals surface area contributed by atoms with Crippen molar-refractivity contribution in [2.45, 2.75) is 13.3 Å². The van der Waals surface area contributed by atoms with E-state index >= 15 is 0 Å². The van der Waals surface area contributed by atoms with Crippen molar-refractivity contribution in [2.24, 2.45) is 0 Å². The molecule has 1 radical (unpaired) electrons. The predicted octanol–water partition coefficient (Wildman–Crippen LogP) is 2.00. The molecule has 0 bridgehead atoms. The molecular weight excluding hydrogens is 106 g/mol. The zero-order valence-electron chi connectivity index (χ0n) is 4.14. The molecule has 0 saturated heterocycles. The van der Waals surface area contributed by atoms with E-state index in [2.05, 4.69) is 12.6 Å². The molecule has 37 valence electrons. The maximum atomic E-state index is 8.04. The number of allylic oxidation sites excluding steroid dienone is 2. The lowest BCUT2D eigenvalue weighted by Crippen LogP contribution is -1.59. The van der Waals surface area contributed by atoms with Crippen LogP contribution in [0.3, 0.4) is 0 Å². The van der Waals surface area contributed by atoms with Gasteiger partial charge in [-0.3, -0.25) is 0 Å². The average Bonchev–Trinajstić information content (AvgIpc) is 1.68. The quantitative estimate of drug-likeness (QED) is 0.476. The van der Waals surface area contributed by atoms with Crippen LogP contribution in [0.4, 0.5) is 0 Å². The minimum Gasteiger partial charge on any atom is -0.192 e. The Morgan fingerprint density at radius 2 is 2.57 bits per heavy atom. The molecule has 0 aromatic carbocycles. The van der Waals surface area contributed by atoms with Crippen molar-refractivity contribution >= 4 is 12.6 Å². The summed E-state index contributed by atoms with van der Waals surface area (Å²) < 4.78 is 0. The van der Waals surface area contributed by atoms with Crippen molar-refractivity contribution in [1.82, 2.24) is 0 Å². The largest absolute Gasteiger partial charge is 0.192 e. The van der Waals surface area contributed by atoms with Crippen LogP contribution in [0.25, 0.3) is 0 Å². The van der Waals surface area contributed by atoms with Crippen LogP contribution in [0.1, 0.15) is 13.3 Å². The Labute approximate surface area is 49.1 Å². The van der Waals surface area contributed by atoms with E-state index in [-0.39, 0.29) is 0 Å². The molecule has 0 aliphatic carbocycles. The van der Waals surface area contributed by atoms with Crippen LogP contribution < -0.4 is 0 Å². The Morgan fingerprint density at radius 1 is 2.00 bits per heavy atom. The van der Waals surface area contributed by atoms with Crippen LogP contribution in [-0.2, 0) is 0 Å². The molecule has 0 amide bonds. The molecule has 1 nitrogen and oxygen atoms in total. The normalized spacial score (nSPS) is 10.6. The van der Waals surface area contributed by atoms with Gasteiger partial charge in [-0.25, -0.2) is 0 Å². The Balaban J connectivity index is 3.57. The predicted molar refractivity (Wildman–Crippen MR) is 31.6 cm³/mol. The summed E-state index contributed by atoms with van der Waals surface area (Å²) in [6.45, 7) is 1.95. The lowest BCUT2D eigenvalue weighted by atomic mass is 10.4. The van der Waals surface area contributed by atoms with E-state index in [1.54, 1.807) is 6.08 Å². The molecule has 0 aromatic rings. The number of hydrogen-bond acceptors (Lipinski definition) is 1. The van der Waals surface area contributed by atoms with Crippen molar-refractivity contribution in [3.8, 4) is 6.07 Å². The molecule has 0 aromatic heterocycles. The third-order valence-corrected chi connectivity index (χ3v) is 0.758. The van der Waals surface area contributed by atoms with Crippen LogP contribution in [0.15, 0.2) is 11.0 Å². The highest BCUT2D eigenvalue weighted by atomic mass is 32.1. The molecule has 0 spiro atoms.